The van der Waals surface area contributed by atoms with Gasteiger partial charge < -0.3 is 16.0 Å². The van der Waals surface area contributed by atoms with E-state index in [-0.39, 0.29) is 29.7 Å². The molecule has 0 bridgehead atoms. The first-order chi connectivity index (χ1) is 13.4. The molecule has 2 aliphatic rings. The topological polar surface area (TPSA) is 96.0 Å². The molecule has 2 aliphatic carbocycles. The Bertz CT molecular complexity index is 939. The third-order valence-electron chi connectivity index (χ3n) is 4.71. The highest BCUT2D eigenvalue weighted by Crippen LogP contribution is 2.31. The molecule has 9 heteroatoms. The van der Waals surface area contributed by atoms with Crippen molar-refractivity contribution >= 4 is 56.9 Å². The average Bonchev–Trinajstić information content (AvgIpc) is 3.36. The van der Waals surface area contributed by atoms with Crippen LogP contribution in [0.1, 0.15) is 36.0 Å². The highest BCUT2D eigenvalue weighted by atomic mass is 32.1. The number of aromatic nitrogens is 2. The van der Waals surface area contributed by atoms with E-state index in [0.717, 1.165) is 23.4 Å². The first-order valence-electron chi connectivity index (χ1n) is 9.07. The van der Waals surface area contributed by atoms with Gasteiger partial charge in [-0.1, -0.05) is 23.5 Å². The number of thiazole rings is 2. The molecule has 1 saturated carbocycles. The molecule has 2 aromatic heterocycles. The van der Waals surface area contributed by atoms with Crippen LogP contribution in [-0.4, -0.2) is 34.4 Å². The van der Waals surface area contributed by atoms with Crippen molar-refractivity contribution in [3.8, 4) is 0 Å². The van der Waals surface area contributed by atoms with Crippen molar-refractivity contribution in [3.05, 3.63) is 33.8 Å². The minimum Gasteiger partial charge on any atom is -0.308 e. The molecule has 7 nitrogen and oxygen atoms in total. The van der Waals surface area contributed by atoms with E-state index in [2.05, 4.69) is 38.9 Å². The van der Waals surface area contributed by atoms with E-state index in [1.54, 1.807) is 5.38 Å². The van der Waals surface area contributed by atoms with Gasteiger partial charge in [-0.2, -0.15) is 0 Å². The summed E-state index contributed by atoms with van der Waals surface area (Å²) < 4.78 is 0. The molecule has 1 fully saturated rings. The molecule has 2 heterocycles. The normalized spacial score (nSPS) is 20.5. The summed E-state index contributed by atoms with van der Waals surface area (Å²) in [4.78, 5) is 34.0. The fourth-order valence-corrected chi connectivity index (χ4v) is 4.27. The Labute approximate surface area is 171 Å². The second-order valence-corrected chi connectivity index (χ2v) is 8.99. The van der Waals surface area contributed by atoms with Crippen molar-refractivity contribution in [2.45, 2.75) is 31.7 Å². The summed E-state index contributed by atoms with van der Waals surface area (Å²) in [5, 5.41) is 11.8. The zero-order chi connectivity index (χ0) is 19.7. The van der Waals surface area contributed by atoms with Crippen LogP contribution in [0.3, 0.4) is 0 Å². The number of amides is 2. The summed E-state index contributed by atoms with van der Waals surface area (Å²) in [5.74, 6) is -0.0303. The Morgan fingerprint density at radius 2 is 1.96 bits per heavy atom. The Kier molecular flexibility index (Phi) is 5.13. The van der Waals surface area contributed by atoms with Gasteiger partial charge in [0.05, 0.1) is 28.2 Å². The SMILES string of the molecule is CNC1(C)C=Cc2nc(NC(=O)Cc3csc(NC(=O)C4CC4)n3)sc2C=C1. The molecule has 28 heavy (non-hydrogen) atoms. The third-order valence-corrected chi connectivity index (χ3v) is 6.46. The van der Waals surface area contributed by atoms with Crippen molar-refractivity contribution in [1.82, 2.24) is 15.3 Å². The number of hydrogen-bond donors (Lipinski definition) is 3. The molecule has 146 valence electrons. The van der Waals surface area contributed by atoms with Crippen LogP contribution in [0.15, 0.2) is 17.5 Å². The summed E-state index contributed by atoms with van der Waals surface area (Å²) in [6.07, 6.45) is 10.1. The molecule has 4 rings (SSSR count). The van der Waals surface area contributed by atoms with Crippen LogP contribution in [0.5, 0.6) is 0 Å². The number of likely N-dealkylation sites (N-methyl/N-ethyl adjacent to an activating group) is 1. The standard InChI is InChI=1S/C19H21N5O2S2/c1-19(20-2)7-5-13-14(6-8-19)28-18(22-13)23-15(25)9-12-10-27-17(21-12)24-16(26)11-3-4-11/h5-8,10-11,20H,3-4,9H2,1-2H3,(H,21,24,26)(H,22,23,25). The van der Waals surface area contributed by atoms with Crippen LogP contribution >= 0.6 is 22.7 Å². The summed E-state index contributed by atoms with van der Waals surface area (Å²) in [7, 11) is 1.91. The maximum atomic E-state index is 12.3. The van der Waals surface area contributed by atoms with E-state index in [9.17, 15) is 9.59 Å². The van der Waals surface area contributed by atoms with E-state index in [1.165, 1.54) is 22.7 Å². The van der Waals surface area contributed by atoms with Gasteiger partial charge in [-0.15, -0.1) is 11.3 Å². The van der Waals surface area contributed by atoms with Crippen LogP contribution in [0.25, 0.3) is 12.2 Å². The predicted octanol–water partition coefficient (Wildman–Crippen LogP) is 3.15. The highest BCUT2D eigenvalue weighted by molar-refractivity contribution is 7.16. The van der Waals surface area contributed by atoms with E-state index >= 15 is 0 Å². The molecule has 2 amide bonds. The zero-order valence-electron chi connectivity index (χ0n) is 15.6. The number of carbonyl (C=O) groups is 2. The average molecular weight is 416 g/mol. The molecule has 1 atom stereocenters. The molecule has 3 N–H and O–H groups in total. The van der Waals surface area contributed by atoms with E-state index < -0.39 is 0 Å². The van der Waals surface area contributed by atoms with Crippen LogP contribution in [0, 0.1) is 5.92 Å². The first-order valence-corrected chi connectivity index (χ1v) is 10.8. The Hall–Kier alpha value is -2.36. The van der Waals surface area contributed by atoms with E-state index in [0.29, 0.717) is 16.0 Å². The van der Waals surface area contributed by atoms with Gasteiger partial charge in [0.15, 0.2) is 10.3 Å². The van der Waals surface area contributed by atoms with Gasteiger partial charge in [0.25, 0.3) is 0 Å². The lowest BCUT2D eigenvalue weighted by Gasteiger charge is -2.19. The molecule has 0 spiro atoms. The van der Waals surface area contributed by atoms with Gasteiger partial charge in [0.2, 0.25) is 11.8 Å². The summed E-state index contributed by atoms with van der Waals surface area (Å²) in [5.41, 5.74) is 1.27. The Morgan fingerprint density at radius 3 is 2.71 bits per heavy atom. The van der Waals surface area contributed by atoms with Gasteiger partial charge >= 0.3 is 0 Å². The molecular formula is C19H21N5O2S2. The predicted molar refractivity (Wildman–Crippen MR) is 113 cm³/mol. The second kappa shape index (κ2) is 7.57. The lowest BCUT2D eigenvalue weighted by Crippen LogP contribution is -2.34. The van der Waals surface area contributed by atoms with E-state index in [1.807, 2.05) is 25.3 Å². The van der Waals surface area contributed by atoms with Crippen LogP contribution in [0.4, 0.5) is 10.3 Å². The number of carbonyl (C=O) groups excluding carboxylic acids is 2. The lowest BCUT2D eigenvalue weighted by atomic mass is 10.0. The monoisotopic (exact) mass is 415 g/mol. The molecular weight excluding hydrogens is 394 g/mol. The quantitative estimate of drug-likeness (QED) is 0.674. The summed E-state index contributed by atoms with van der Waals surface area (Å²) in [6.45, 7) is 2.08. The van der Waals surface area contributed by atoms with Gasteiger partial charge in [0.1, 0.15) is 0 Å². The fourth-order valence-electron chi connectivity index (χ4n) is 2.69. The number of hydrogen-bond acceptors (Lipinski definition) is 7. The van der Waals surface area contributed by atoms with Crippen LogP contribution < -0.4 is 16.0 Å². The minimum absolute atomic E-state index is 0.0186. The number of rotatable bonds is 6. The van der Waals surface area contributed by atoms with Crippen LogP contribution in [0.2, 0.25) is 0 Å². The molecule has 0 radical (unpaired) electrons. The molecule has 1 unspecified atom stereocenters. The van der Waals surface area contributed by atoms with Crippen molar-refractivity contribution < 1.29 is 9.59 Å². The van der Waals surface area contributed by atoms with Crippen LogP contribution in [-0.2, 0) is 16.0 Å². The number of nitrogens with zero attached hydrogens (tertiary/aromatic N) is 2. The van der Waals surface area contributed by atoms with Gasteiger partial charge in [-0.25, -0.2) is 9.97 Å². The molecule has 0 saturated heterocycles. The highest BCUT2D eigenvalue weighted by Gasteiger charge is 2.30. The van der Waals surface area contributed by atoms with E-state index in [4.69, 9.17) is 0 Å². The molecule has 0 aliphatic heterocycles. The van der Waals surface area contributed by atoms with Gasteiger partial charge in [0, 0.05) is 11.3 Å². The maximum absolute atomic E-state index is 12.3. The number of anilines is 2. The van der Waals surface area contributed by atoms with Crippen molar-refractivity contribution in [1.29, 1.82) is 0 Å². The van der Waals surface area contributed by atoms with Crippen molar-refractivity contribution in [2.24, 2.45) is 5.92 Å². The largest absolute Gasteiger partial charge is 0.308 e. The maximum Gasteiger partial charge on any atom is 0.232 e. The van der Waals surface area contributed by atoms with Crippen molar-refractivity contribution in [2.75, 3.05) is 17.7 Å². The lowest BCUT2D eigenvalue weighted by molar-refractivity contribution is -0.117. The van der Waals surface area contributed by atoms with Gasteiger partial charge in [-0.3, -0.25) is 9.59 Å². The number of nitrogens with one attached hydrogen (secondary N) is 3. The molecule has 0 aromatic carbocycles. The zero-order valence-corrected chi connectivity index (χ0v) is 17.2. The Morgan fingerprint density at radius 1 is 1.18 bits per heavy atom. The second-order valence-electron chi connectivity index (χ2n) is 7.10. The summed E-state index contributed by atoms with van der Waals surface area (Å²) in [6, 6.07) is 0. The Balaban J connectivity index is 1.36. The third kappa shape index (κ3) is 4.37. The fraction of sp³-hybridized carbons (Fsp3) is 0.368. The van der Waals surface area contributed by atoms with Crippen molar-refractivity contribution in [3.63, 3.8) is 0 Å². The molecule has 2 aromatic rings. The number of fused-ring (bicyclic) bond motifs is 1. The minimum atomic E-state index is -0.207. The summed E-state index contributed by atoms with van der Waals surface area (Å²) >= 11 is 2.78. The smallest absolute Gasteiger partial charge is 0.232 e. The first kappa shape index (κ1) is 19.0. The van der Waals surface area contributed by atoms with Gasteiger partial charge in [-0.05, 0) is 39.0 Å².